The van der Waals surface area contributed by atoms with Gasteiger partial charge in [0.15, 0.2) is 11.6 Å². The van der Waals surface area contributed by atoms with Crippen LogP contribution in [0.25, 0.3) is 0 Å². The van der Waals surface area contributed by atoms with Gasteiger partial charge in [-0.15, -0.1) is 0 Å². The van der Waals surface area contributed by atoms with Gasteiger partial charge in [-0.25, -0.2) is 9.37 Å². The molecule has 0 atom stereocenters. The summed E-state index contributed by atoms with van der Waals surface area (Å²) in [7, 11) is 1.46. The van der Waals surface area contributed by atoms with Crippen LogP contribution in [0.5, 0.6) is 5.75 Å². The minimum Gasteiger partial charge on any atom is -0.494 e. The first-order valence-electron chi connectivity index (χ1n) is 6.31. The van der Waals surface area contributed by atoms with E-state index in [2.05, 4.69) is 15.3 Å². The number of H-pyrrole nitrogens is 1. The summed E-state index contributed by atoms with van der Waals surface area (Å²) in [6.45, 7) is 1.52. The number of ether oxygens (including phenoxy) is 1. The third kappa shape index (κ3) is 4.06. The van der Waals surface area contributed by atoms with Crippen molar-refractivity contribution < 1.29 is 9.13 Å². The molecule has 19 heavy (non-hydrogen) atoms. The first kappa shape index (κ1) is 13.5. The summed E-state index contributed by atoms with van der Waals surface area (Å²) in [5.74, 6) is 0.955. The molecule has 2 rings (SSSR count). The van der Waals surface area contributed by atoms with Crippen molar-refractivity contribution in [2.45, 2.75) is 19.4 Å². The summed E-state index contributed by atoms with van der Waals surface area (Å²) >= 11 is 0. The molecule has 1 heterocycles. The van der Waals surface area contributed by atoms with Crippen molar-refractivity contribution in [1.82, 2.24) is 15.3 Å². The third-order valence-electron chi connectivity index (χ3n) is 2.87. The van der Waals surface area contributed by atoms with E-state index < -0.39 is 0 Å². The second-order valence-corrected chi connectivity index (χ2v) is 4.29. The van der Waals surface area contributed by atoms with Crippen molar-refractivity contribution in [2.75, 3.05) is 13.7 Å². The molecule has 4 nitrogen and oxygen atoms in total. The quantitative estimate of drug-likeness (QED) is 0.753. The maximum Gasteiger partial charge on any atom is 0.165 e. The lowest BCUT2D eigenvalue weighted by molar-refractivity contribution is 0.386. The van der Waals surface area contributed by atoms with Crippen LogP contribution in [0.4, 0.5) is 4.39 Å². The SMILES string of the molecule is COc1ccc(CNCCCc2ncc[nH]2)cc1F. The molecule has 0 aliphatic heterocycles. The maximum absolute atomic E-state index is 13.4. The minimum absolute atomic E-state index is 0.279. The van der Waals surface area contributed by atoms with Gasteiger partial charge in [0, 0.05) is 25.4 Å². The standard InChI is InChI=1S/C14H18FN3O/c1-19-13-5-4-11(9-12(13)15)10-16-6-2-3-14-17-7-8-18-14/h4-5,7-9,16H,2-3,6,10H2,1H3,(H,17,18). The highest BCUT2D eigenvalue weighted by molar-refractivity contribution is 5.29. The number of benzene rings is 1. The molecule has 0 unspecified atom stereocenters. The van der Waals surface area contributed by atoms with Crippen LogP contribution in [-0.2, 0) is 13.0 Å². The Kier molecular flexibility index (Phi) is 4.92. The third-order valence-corrected chi connectivity index (χ3v) is 2.87. The lowest BCUT2D eigenvalue weighted by Crippen LogP contribution is -2.15. The largest absolute Gasteiger partial charge is 0.494 e. The number of aromatic amines is 1. The average molecular weight is 263 g/mol. The number of hydrogen-bond donors (Lipinski definition) is 2. The van der Waals surface area contributed by atoms with Gasteiger partial charge in [0.1, 0.15) is 5.82 Å². The Morgan fingerprint density at radius 1 is 1.42 bits per heavy atom. The van der Waals surface area contributed by atoms with E-state index in [0.29, 0.717) is 6.54 Å². The van der Waals surface area contributed by atoms with Crippen LogP contribution >= 0.6 is 0 Å². The maximum atomic E-state index is 13.4. The molecule has 0 bridgehead atoms. The molecule has 2 aromatic rings. The van der Waals surface area contributed by atoms with E-state index in [1.54, 1.807) is 12.3 Å². The van der Waals surface area contributed by atoms with Gasteiger partial charge in [-0.1, -0.05) is 6.07 Å². The highest BCUT2D eigenvalue weighted by atomic mass is 19.1. The second-order valence-electron chi connectivity index (χ2n) is 4.29. The van der Waals surface area contributed by atoms with E-state index in [0.717, 1.165) is 30.8 Å². The molecule has 1 aromatic carbocycles. The number of aryl methyl sites for hydroxylation is 1. The van der Waals surface area contributed by atoms with Gasteiger partial charge in [0.05, 0.1) is 7.11 Å². The van der Waals surface area contributed by atoms with Crippen molar-refractivity contribution in [1.29, 1.82) is 0 Å². The highest BCUT2D eigenvalue weighted by Gasteiger charge is 2.03. The van der Waals surface area contributed by atoms with E-state index in [4.69, 9.17) is 4.74 Å². The Morgan fingerprint density at radius 2 is 2.32 bits per heavy atom. The molecule has 1 aromatic heterocycles. The van der Waals surface area contributed by atoms with Crippen LogP contribution in [0, 0.1) is 5.82 Å². The normalized spacial score (nSPS) is 10.6. The van der Waals surface area contributed by atoms with Crippen molar-refractivity contribution in [2.24, 2.45) is 0 Å². The predicted molar refractivity (Wildman–Crippen MR) is 71.6 cm³/mol. The summed E-state index contributed by atoms with van der Waals surface area (Å²) in [6.07, 6.45) is 5.48. The van der Waals surface area contributed by atoms with Gasteiger partial charge in [-0.3, -0.25) is 0 Å². The number of nitrogens with one attached hydrogen (secondary N) is 2. The van der Waals surface area contributed by atoms with Crippen LogP contribution in [0.2, 0.25) is 0 Å². The van der Waals surface area contributed by atoms with Gasteiger partial charge in [-0.2, -0.15) is 0 Å². The van der Waals surface area contributed by atoms with Crippen molar-refractivity contribution >= 4 is 0 Å². The fourth-order valence-electron chi connectivity index (χ4n) is 1.87. The number of methoxy groups -OCH3 is 1. The summed E-state index contributed by atoms with van der Waals surface area (Å²) in [4.78, 5) is 7.22. The van der Waals surface area contributed by atoms with Crippen LogP contribution in [0.3, 0.4) is 0 Å². The van der Waals surface area contributed by atoms with Gasteiger partial charge < -0.3 is 15.0 Å². The molecule has 5 heteroatoms. The Hall–Kier alpha value is -1.88. The molecular weight excluding hydrogens is 245 g/mol. The Bertz CT molecular complexity index is 499. The summed E-state index contributed by atoms with van der Waals surface area (Å²) in [5.41, 5.74) is 0.913. The van der Waals surface area contributed by atoms with Crippen LogP contribution in [0.15, 0.2) is 30.6 Å². The molecule has 0 aliphatic rings. The van der Waals surface area contributed by atoms with Crippen molar-refractivity contribution in [3.05, 3.63) is 47.8 Å². The zero-order chi connectivity index (χ0) is 13.5. The van der Waals surface area contributed by atoms with Crippen molar-refractivity contribution in [3.8, 4) is 5.75 Å². The highest BCUT2D eigenvalue weighted by Crippen LogP contribution is 2.17. The summed E-state index contributed by atoms with van der Waals surface area (Å²) in [6, 6.07) is 5.01. The Morgan fingerprint density at radius 3 is 3.00 bits per heavy atom. The number of halogens is 1. The number of imidazole rings is 1. The molecule has 0 fully saturated rings. The molecule has 0 spiro atoms. The zero-order valence-electron chi connectivity index (χ0n) is 10.9. The summed E-state index contributed by atoms with van der Waals surface area (Å²) < 4.78 is 18.3. The van der Waals surface area contributed by atoms with Crippen molar-refractivity contribution in [3.63, 3.8) is 0 Å². The lowest BCUT2D eigenvalue weighted by atomic mass is 10.2. The number of rotatable bonds is 7. The van der Waals surface area contributed by atoms with Crippen LogP contribution in [-0.4, -0.2) is 23.6 Å². The van der Waals surface area contributed by atoms with E-state index in [9.17, 15) is 4.39 Å². The topological polar surface area (TPSA) is 49.9 Å². The fourth-order valence-corrected chi connectivity index (χ4v) is 1.87. The number of nitrogens with zero attached hydrogens (tertiary/aromatic N) is 1. The molecule has 102 valence electrons. The van der Waals surface area contributed by atoms with Gasteiger partial charge in [0.25, 0.3) is 0 Å². The fraction of sp³-hybridized carbons (Fsp3) is 0.357. The Labute approximate surface area is 112 Å². The smallest absolute Gasteiger partial charge is 0.165 e. The molecule has 0 saturated heterocycles. The predicted octanol–water partition coefficient (Wildman–Crippen LogP) is 2.28. The van der Waals surface area contributed by atoms with Crippen LogP contribution in [0.1, 0.15) is 17.8 Å². The molecule has 0 amide bonds. The van der Waals surface area contributed by atoms with E-state index in [1.807, 2.05) is 12.3 Å². The van der Waals surface area contributed by atoms with Gasteiger partial charge >= 0.3 is 0 Å². The lowest BCUT2D eigenvalue weighted by Gasteiger charge is -2.06. The Balaban J connectivity index is 1.69. The molecule has 2 N–H and O–H groups in total. The zero-order valence-corrected chi connectivity index (χ0v) is 10.9. The van der Waals surface area contributed by atoms with E-state index >= 15 is 0 Å². The van der Waals surface area contributed by atoms with E-state index in [1.165, 1.54) is 13.2 Å². The average Bonchev–Trinajstić information content (AvgIpc) is 2.92. The van der Waals surface area contributed by atoms with E-state index in [-0.39, 0.29) is 11.6 Å². The first-order chi connectivity index (χ1) is 9.29. The monoisotopic (exact) mass is 263 g/mol. The van der Waals surface area contributed by atoms with Crippen LogP contribution < -0.4 is 10.1 Å². The molecule has 0 radical (unpaired) electrons. The second kappa shape index (κ2) is 6.89. The number of aromatic nitrogens is 2. The van der Waals surface area contributed by atoms with Gasteiger partial charge in [-0.05, 0) is 30.7 Å². The molecule has 0 saturated carbocycles. The molecular formula is C14H18FN3O. The summed E-state index contributed by atoms with van der Waals surface area (Å²) in [5, 5.41) is 3.28. The van der Waals surface area contributed by atoms with Gasteiger partial charge in [0.2, 0.25) is 0 Å². The first-order valence-corrected chi connectivity index (χ1v) is 6.31. The number of hydrogen-bond acceptors (Lipinski definition) is 3. The minimum atomic E-state index is -0.322. The molecule has 0 aliphatic carbocycles.